The lowest BCUT2D eigenvalue weighted by Gasteiger charge is -2.12. The molecule has 1 aromatic heterocycles. The number of hydrogen-bond acceptors (Lipinski definition) is 7. The van der Waals surface area contributed by atoms with Gasteiger partial charge in [-0.3, -0.25) is 4.79 Å². The van der Waals surface area contributed by atoms with Crippen LogP contribution in [0, 0.1) is 0 Å². The Labute approximate surface area is 170 Å². The number of aromatic nitrogens is 1. The van der Waals surface area contributed by atoms with Gasteiger partial charge in [0, 0.05) is 30.5 Å². The summed E-state index contributed by atoms with van der Waals surface area (Å²) in [7, 11) is 0. The molecule has 1 aliphatic heterocycles. The molecule has 0 unspecified atom stereocenters. The van der Waals surface area contributed by atoms with Crippen LogP contribution in [0.5, 0.6) is 0 Å². The summed E-state index contributed by atoms with van der Waals surface area (Å²) in [5.41, 5.74) is 9.23. The maximum atomic E-state index is 11.6. The molecule has 2 heterocycles. The van der Waals surface area contributed by atoms with Crippen LogP contribution in [0.3, 0.4) is 0 Å². The van der Waals surface area contributed by atoms with E-state index in [1.54, 1.807) is 6.20 Å². The fourth-order valence-electron chi connectivity index (χ4n) is 3.03. The maximum absolute atomic E-state index is 11.6. The van der Waals surface area contributed by atoms with Gasteiger partial charge in [-0.05, 0) is 29.3 Å². The quantitative estimate of drug-likeness (QED) is 0.439. The third-order valence-electron chi connectivity index (χ3n) is 4.40. The highest BCUT2D eigenvalue weighted by molar-refractivity contribution is 6.00. The topological polar surface area (TPSA) is 108 Å². The molecule has 29 heavy (non-hydrogen) atoms. The lowest BCUT2D eigenvalue weighted by atomic mass is 10.0. The van der Waals surface area contributed by atoms with Crippen molar-refractivity contribution in [2.24, 2.45) is 5.73 Å². The van der Waals surface area contributed by atoms with Crippen LogP contribution in [0.25, 0.3) is 11.1 Å². The molecule has 0 spiro atoms. The fourth-order valence-corrected chi connectivity index (χ4v) is 3.03. The number of nitrogens with one attached hydrogen (secondary N) is 2. The molecular weight excluding hydrogens is 372 g/mol. The van der Waals surface area contributed by atoms with Gasteiger partial charge in [-0.1, -0.05) is 12.1 Å². The first-order chi connectivity index (χ1) is 14.3. The molecule has 0 fully saturated rings. The summed E-state index contributed by atoms with van der Waals surface area (Å²) in [6.45, 7) is 4.40. The number of hydrogen-bond donors (Lipinski definition) is 3. The van der Waals surface area contributed by atoms with Gasteiger partial charge in [0.1, 0.15) is 5.82 Å². The minimum absolute atomic E-state index is 0.0332. The molecule has 0 radical (unpaired) electrons. The van der Waals surface area contributed by atoms with Crippen molar-refractivity contribution < 1.29 is 19.0 Å². The van der Waals surface area contributed by atoms with Crippen LogP contribution >= 0.6 is 0 Å². The van der Waals surface area contributed by atoms with E-state index in [2.05, 4.69) is 15.6 Å². The first-order valence-electron chi connectivity index (χ1n) is 9.83. The number of fused-ring (bicyclic) bond motifs is 1. The molecule has 8 nitrogen and oxygen atoms in total. The van der Waals surface area contributed by atoms with Gasteiger partial charge in [0.05, 0.1) is 46.1 Å². The number of ether oxygens (including phenoxy) is 3. The minimum atomic E-state index is 0.0332. The van der Waals surface area contributed by atoms with E-state index in [1.165, 1.54) is 0 Å². The van der Waals surface area contributed by atoms with E-state index in [-0.39, 0.29) is 5.91 Å². The first-order valence-corrected chi connectivity index (χ1v) is 9.83. The second kappa shape index (κ2) is 11.5. The molecule has 0 saturated carbocycles. The Hall–Kier alpha value is -2.52. The van der Waals surface area contributed by atoms with Crippen molar-refractivity contribution in [2.75, 3.05) is 63.4 Å². The van der Waals surface area contributed by atoms with Crippen molar-refractivity contribution >= 4 is 17.4 Å². The van der Waals surface area contributed by atoms with E-state index in [0.29, 0.717) is 59.2 Å². The molecular formula is C21H28N4O4. The van der Waals surface area contributed by atoms with E-state index >= 15 is 0 Å². The SMILES string of the molecule is NCCOCCOCCOCCNc1ncccc1-c1ccc2c(c1)NC(=O)C2. The van der Waals surface area contributed by atoms with Crippen LogP contribution in [-0.2, 0) is 25.4 Å². The van der Waals surface area contributed by atoms with Crippen molar-refractivity contribution in [2.45, 2.75) is 6.42 Å². The predicted octanol–water partition coefficient (Wildman–Crippen LogP) is 1.66. The lowest BCUT2D eigenvalue weighted by Crippen LogP contribution is -2.15. The van der Waals surface area contributed by atoms with Gasteiger partial charge in [0.25, 0.3) is 0 Å². The number of benzene rings is 1. The number of nitrogens with zero attached hydrogens (tertiary/aromatic N) is 1. The molecule has 0 aliphatic carbocycles. The molecule has 0 bridgehead atoms. The Morgan fingerprint density at radius 1 is 1.03 bits per heavy atom. The number of amides is 1. The van der Waals surface area contributed by atoms with E-state index < -0.39 is 0 Å². The van der Waals surface area contributed by atoms with Crippen molar-refractivity contribution in [1.82, 2.24) is 4.98 Å². The Balaban J connectivity index is 1.40. The van der Waals surface area contributed by atoms with Crippen LogP contribution in [0.4, 0.5) is 11.5 Å². The Morgan fingerprint density at radius 2 is 1.79 bits per heavy atom. The van der Waals surface area contributed by atoms with E-state index in [9.17, 15) is 4.79 Å². The summed E-state index contributed by atoms with van der Waals surface area (Å²) in [5.74, 6) is 0.819. The third kappa shape index (κ3) is 6.50. The Kier molecular flexibility index (Phi) is 8.39. The zero-order valence-corrected chi connectivity index (χ0v) is 16.5. The zero-order valence-electron chi connectivity index (χ0n) is 16.5. The van der Waals surface area contributed by atoms with Crippen molar-refractivity contribution in [3.05, 3.63) is 42.1 Å². The smallest absolute Gasteiger partial charge is 0.228 e. The molecule has 0 atom stereocenters. The molecule has 1 amide bonds. The summed E-state index contributed by atoms with van der Waals surface area (Å²) >= 11 is 0. The lowest BCUT2D eigenvalue weighted by molar-refractivity contribution is -0.115. The van der Waals surface area contributed by atoms with Crippen LogP contribution in [0.15, 0.2) is 36.5 Å². The minimum Gasteiger partial charge on any atom is -0.378 e. The highest BCUT2D eigenvalue weighted by atomic mass is 16.5. The molecule has 1 aromatic carbocycles. The first kappa shape index (κ1) is 21.2. The van der Waals surface area contributed by atoms with E-state index in [1.807, 2.05) is 30.3 Å². The number of rotatable bonds is 13. The summed E-state index contributed by atoms with van der Waals surface area (Å²) in [6.07, 6.45) is 2.19. The van der Waals surface area contributed by atoms with Crippen LogP contribution in [0.2, 0.25) is 0 Å². The second-order valence-electron chi connectivity index (χ2n) is 6.55. The summed E-state index contributed by atoms with van der Waals surface area (Å²) < 4.78 is 16.2. The number of carbonyl (C=O) groups is 1. The predicted molar refractivity (Wildman–Crippen MR) is 112 cm³/mol. The van der Waals surface area contributed by atoms with Crippen LogP contribution in [0.1, 0.15) is 5.56 Å². The largest absolute Gasteiger partial charge is 0.378 e. The third-order valence-corrected chi connectivity index (χ3v) is 4.40. The number of nitrogens with two attached hydrogens (primary N) is 1. The van der Waals surface area contributed by atoms with Gasteiger partial charge in [-0.25, -0.2) is 4.98 Å². The summed E-state index contributed by atoms with van der Waals surface area (Å²) in [6, 6.07) is 9.91. The Bertz CT molecular complexity index is 800. The average Bonchev–Trinajstić information content (AvgIpc) is 3.11. The second-order valence-corrected chi connectivity index (χ2v) is 6.55. The van der Waals surface area contributed by atoms with Gasteiger partial charge < -0.3 is 30.6 Å². The zero-order chi connectivity index (χ0) is 20.3. The number of carbonyl (C=O) groups excluding carboxylic acids is 1. The van der Waals surface area contributed by atoms with Gasteiger partial charge in [-0.2, -0.15) is 0 Å². The molecule has 1 aliphatic rings. The van der Waals surface area contributed by atoms with Crippen molar-refractivity contribution in [3.8, 4) is 11.1 Å². The highest BCUT2D eigenvalue weighted by Gasteiger charge is 2.18. The summed E-state index contributed by atoms with van der Waals surface area (Å²) in [5, 5.41) is 6.21. The average molecular weight is 400 g/mol. The Morgan fingerprint density at radius 3 is 2.59 bits per heavy atom. The van der Waals surface area contributed by atoms with Crippen LogP contribution in [-0.4, -0.2) is 63.6 Å². The molecule has 4 N–H and O–H groups in total. The fraction of sp³-hybridized carbons (Fsp3) is 0.429. The summed E-state index contributed by atoms with van der Waals surface area (Å²) in [4.78, 5) is 16.0. The van der Waals surface area contributed by atoms with Gasteiger partial charge in [0.15, 0.2) is 0 Å². The van der Waals surface area contributed by atoms with Gasteiger partial charge in [0.2, 0.25) is 5.91 Å². The molecule has 2 aromatic rings. The molecule has 8 heteroatoms. The number of anilines is 2. The molecule has 0 saturated heterocycles. The number of pyridine rings is 1. The monoisotopic (exact) mass is 400 g/mol. The van der Waals surface area contributed by atoms with E-state index in [4.69, 9.17) is 19.9 Å². The maximum Gasteiger partial charge on any atom is 0.228 e. The normalized spacial score (nSPS) is 12.7. The van der Waals surface area contributed by atoms with E-state index in [0.717, 1.165) is 28.2 Å². The molecule has 3 rings (SSSR count). The van der Waals surface area contributed by atoms with Crippen molar-refractivity contribution in [3.63, 3.8) is 0 Å². The van der Waals surface area contributed by atoms with Crippen LogP contribution < -0.4 is 16.4 Å². The van der Waals surface area contributed by atoms with Gasteiger partial charge in [-0.15, -0.1) is 0 Å². The standard InChI is InChI=1S/C21H28N4O4/c22-5-8-27-10-12-29-13-11-28-9-7-24-21-18(2-1-6-23-21)16-3-4-17-15-20(26)25-19(17)14-16/h1-4,6,14H,5,7-13,15,22H2,(H,23,24)(H,25,26). The van der Waals surface area contributed by atoms with Gasteiger partial charge >= 0.3 is 0 Å². The molecule has 156 valence electrons. The van der Waals surface area contributed by atoms with Crippen molar-refractivity contribution in [1.29, 1.82) is 0 Å². The highest BCUT2D eigenvalue weighted by Crippen LogP contribution is 2.32.